The van der Waals surface area contributed by atoms with Gasteiger partial charge in [0.05, 0.1) is 5.25 Å². The van der Waals surface area contributed by atoms with Crippen molar-refractivity contribution < 1.29 is 4.79 Å². The van der Waals surface area contributed by atoms with Crippen LogP contribution in [0.25, 0.3) is 0 Å². The van der Waals surface area contributed by atoms with Crippen LogP contribution in [0.3, 0.4) is 0 Å². The van der Waals surface area contributed by atoms with Crippen LogP contribution in [0.1, 0.15) is 20.3 Å². The Bertz CT molecular complexity index is 154. The number of amides is 1. The first-order chi connectivity index (χ1) is 6.15. The quantitative estimate of drug-likeness (QED) is 0.326. The third kappa shape index (κ3) is 5.13. The van der Waals surface area contributed by atoms with Crippen molar-refractivity contribution in [2.75, 3.05) is 12.3 Å². The van der Waals surface area contributed by atoms with E-state index >= 15 is 0 Å². The first-order valence-corrected chi connectivity index (χ1v) is 5.52. The highest BCUT2D eigenvalue weighted by Gasteiger charge is 2.16. The molecule has 4 nitrogen and oxygen atoms in total. The van der Waals surface area contributed by atoms with E-state index in [4.69, 9.17) is 11.6 Å². The van der Waals surface area contributed by atoms with E-state index < -0.39 is 0 Å². The van der Waals surface area contributed by atoms with Crippen LogP contribution in [-0.2, 0) is 4.79 Å². The van der Waals surface area contributed by atoms with Crippen molar-refractivity contribution in [2.45, 2.75) is 25.5 Å². The second kappa shape index (κ2) is 7.17. The van der Waals surface area contributed by atoms with Gasteiger partial charge in [0.25, 0.3) is 0 Å². The van der Waals surface area contributed by atoms with Crippen molar-refractivity contribution in [3.8, 4) is 0 Å². The lowest BCUT2D eigenvalue weighted by atomic mass is 10.2. The van der Waals surface area contributed by atoms with Gasteiger partial charge < -0.3 is 5.73 Å². The number of nitrogens with one attached hydrogen (secondary N) is 1. The zero-order valence-electron chi connectivity index (χ0n) is 8.25. The largest absolute Gasteiger partial charge is 0.330 e. The lowest BCUT2D eigenvalue weighted by molar-refractivity contribution is -0.120. The van der Waals surface area contributed by atoms with E-state index in [0.717, 1.165) is 12.2 Å². The number of hydrogen-bond acceptors (Lipinski definition) is 4. The lowest BCUT2D eigenvalue weighted by Gasteiger charge is -2.14. The minimum Gasteiger partial charge on any atom is -0.330 e. The normalized spacial score (nSPS) is 15.1. The number of thioether (sulfide) groups is 1. The van der Waals surface area contributed by atoms with Gasteiger partial charge >= 0.3 is 0 Å². The number of carbonyl (C=O) groups excluding carboxylic acids is 1. The first-order valence-electron chi connectivity index (χ1n) is 4.47. The first kappa shape index (κ1) is 12.7. The molecule has 78 valence electrons. The molecule has 0 aliphatic carbocycles. The molecule has 5 N–H and O–H groups in total. The smallest absolute Gasteiger partial charge is 0.246 e. The molecule has 0 aromatic carbocycles. The van der Waals surface area contributed by atoms with Crippen LogP contribution in [-0.4, -0.2) is 23.5 Å². The van der Waals surface area contributed by atoms with Crippen molar-refractivity contribution >= 4 is 17.7 Å². The Kier molecular flexibility index (Phi) is 7.03. The van der Waals surface area contributed by atoms with Crippen LogP contribution >= 0.6 is 11.8 Å². The van der Waals surface area contributed by atoms with E-state index in [1.165, 1.54) is 0 Å². The molecule has 0 radical (unpaired) electrons. The summed E-state index contributed by atoms with van der Waals surface area (Å²) >= 11 is 1.61. The fourth-order valence-corrected chi connectivity index (χ4v) is 1.97. The Hall–Kier alpha value is -0.260. The Morgan fingerprint density at radius 3 is 2.62 bits per heavy atom. The molecule has 0 aliphatic heterocycles. The molecule has 5 heteroatoms. The van der Waals surface area contributed by atoms with Crippen molar-refractivity contribution in [1.82, 2.24) is 5.43 Å². The zero-order valence-corrected chi connectivity index (χ0v) is 9.06. The number of hydrazine groups is 1. The zero-order chi connectivity index (χ0) is 10.3. The molecule has 1 amide bonds. The van der Waals surface area contributed by atoms with Crippen LogP contribution in [0, 0.1) is 5.92 Å². The van der Waals surface area contributed by atoms with Crippen molar-refractivity contribution in [1.29, 1.82) is 0 Å². The van der Waals surface area contributed by atoms with E-state index in [1.54, 1.807) is 11.8 Å². The predicted molar refractivity (Wildman–Crippen MR) is 57.1 cm³/mol. The maximum atomic E-state index is 11.2. The molecule has 0 aliphatic rings. The predicted octanol–water partition coefficient (Wildman–Crippen LogP) is 0.0829. The van der Waals surface area contributed by atoms with Crippen LogP contribution in [0.15, 0.2) is 0 Å². The van der Waals surface area contributed by atoms with Crippen molar-refractivity contribution in [3.05, 3.63) is 0 Å². The fraction of sp³-hybridized carbons (Fsp3) is 0.875. The summed E-state index contributed by atoms with van der Waals surface area (Å²) in [5.74, 6) is 6.30. The molecule has 0 saturated carbocycles. The van der Waals surface area contributed by atoms with Gasteiger partial charge in [-0.15, -0.1) is 11.8 Å². The summed E-state index contributed by atoms with van der Waals surface area (Å²) in [6.45, 7) is 4.70. The van der Waals surface area contributed by atoms with Gasteiger partial charge in [0.1, 0.15) is 0 Å². The monoisotopic (exact) mass is 205 g/mol. The number of rotatable bonds is 6. The van der Waals surface area contributed by atoms with E-state index in [0.29, 0.717) is 12.5 Å². The number of hydrogen-bond donors (Lipinski definition) is 3. The van der Waals surface area contributed by atoms with Crippen LogP contribution in [0.2, 0.25) is 0 Å². The summed E-state index contributed by atoms with van der Waals surface area (Å²) in [5, 5.41) is -0.0426. The summed E-state index contributed by atoms with van der Waals surface area (Å²) in [6, 6.07) is 0. The Morgan fingerprint density at radius 1 is 1.62 bits per heavy atom. The van der Waals surface area contributed by atoms with Crippen molar-refractivity contribution in [2.24, 2.45) is 17.5 Å². The number of carbonyl (C=O) groups is 1. The highest BCUT2D eigenvalue weighted by atomic mass is 32.2. The molecule has 0 fully saturated rings. The van der Waals surface area contributed by atoms with E-state index in [9.17, 15) is 4.79 Å². The Labute approximate surface area is 83.8 Å². The van der Waals surface area contributed by atoms with Crippen molar-refractivity contribution in [3.63, 3.8) is 0 Å². The van der Waals surface area contributed by atoms with Gasteiger partial charge in [-0.3, -0.25) is 10.2 Å². The lowest BCUT2D eigenvalue weighted by Crippen LogP contribution is -2.37. The average molecular weight is 205 g/mol. The molecular formula is C8H19N3OS. The summed E-state index contributed by atoms with van der Waals surface area (Å²) in [7, 11) is 0. The van der Waals surface area contributed by atoms with Gasteiger partial charge in [-0.1, -0.05) is 13.8 Å². The summed E-state index contributed by atoms with van der Waals surface area (Å²) in [6.07, 6.45) is 0.797. The van der Waals surface area contributed by atoms with E-state index in [2.05, 4.69) is 12.3 Å². The van der Waals surface area contributed by atoms with Gasteiger partial charge in [0.15, 0.2) is 0 Å². The summed E-state index contributed by atoms with van der Waals surface area (Å²) in [5.41, 5.74) is 7.64. The SMILES string of the molecule is CCC(SCC(C)CN)C(=O)NN. The molecule has 0 rings (SSSR count). The van der Waals surface area contributed by atoms with Gasteiger partial charge in [-0.25, -0.2) is 5.84 Å². The molecular weight excluding hydrogens is 186 g/mol. The molecule has 0 spiro atoms. The van der Waals surface area contributed by atoms with Gasteiger partial charge in [-0.05, 0) is 24.6 Å². The third-order valence-corrected chi connectivity index (χ3v) is 3.50. The highest BCUT2D eigenvalue weighted by molar-refractivity contribution is 8.00. The third-order valence-electron chi connectivity index (χ3n) is 1.79. The second-order valence-electron chi connectivity index (χ2n) is 3.08. The second-order valence-corrected chi connectivity index (χ2v) is 4.32. The molecule has 0 saturated heterocycles. The molecule has 2 atom stereocenters. The number of nitrogens with two attached hydrogens (primary N) is 2. The maximum Gasteiger partial charge on any atom is 0.246 e. The summed E-state index contributed by atoms with van der Waals surface area (Å²) < 4.78 is 0. The van der Waals surface area contributed by atoms with Gasteiger partial charge in [0, 0.05) is 0 Å². The fourth-order valence-electron chi connectivity index (χ4n) is 0.820. The topological polar surface area (TPSA) is 81.1 Å². The van der Waals surface area contributed by atoms with E-state index in [-0.39, 0.29) is 11.2 Å². The molecule has 2 unspecified atom stereocenters. The average Bonchev–Trinajstić information content (AvgIpc) is 2.17. The van der Waals surface area contributed by atoms with Gasteiger partial charge in [0.2, 0.25) is 5.91 Å². The molecule has 0 aromatic rings. The Balaban J connectivity index is 3.78. The molecule has 0 bridgehead atoms. The maximum absolute atomic E-state index is 11.2. The Morgan fingerprint density at radius 2 is 2.23 bits per heavy atom. The molecule has 13 heavy (non-hydrogen) atoms. The minimum atomic E-state index is -0.100. The van der Waals surface area contributed by atoms with Crippen LogP contribution in [0.4, 0.5) is 0 Å². The molecule has 0 aromatic heterocycles. The van der Waals surface area contributed by atoms with Crippen LogP contribution < -0.4 is 17.0 Å². The summed E-state index contributed by atoms with van der Waals surface area (Å²) in [4.78, 5) is 11.2. The van der Waals surface area contributed by atoms with Crippen LogP contribution in [0.5, 0.6) is 0 Å². The standard InChI is InChI=1S/C8H19N3OS/c1-3-7(8(12)11-10)13-5-6(2)4-9/h6-7H,3-5,9-10H2,1-2H3,(H,11,12). The molecule has 0 heterocycles. The minimum absolute atomic E-state index is 0.0426. The van der Waals surface area contributed by atoms with Gasteiger partial charge in [-0.2, -0.15) is 0 Å². The van der Waals surface area contributed by atoms with E-state index in [1.807, 2.05) is 6.92 Å². The highest BCUT2D eigenvalue weighted by Crippen LogP contribution is 2.17.